The fourth-order valence-corrected chi connectivity index (χ4v) is 3.29. The normalized spacial score (nSPS) is 11.5. The molecule has 0 saturated carbocycles. The number of hydrogen-bond acceptors (Lipinski definition) is 8. The van der Waals surface area contributed by atoms with E-state index >= 15 is 0 Å². The van der Waals surface area contributed by atoms with E-state index in [1.54, 1.807) is 24.3 Å². The lowest BCUT2D eigenvalue weighted by molar-refractivity contribution is -0.154. The van der Waals surface area contributed by atoms with E-state index in [2.05, 4.69) is 36.2 Å². The van der Waals surface area contributed by atoms with Crippen molar-refractivity contribution in [1.29, 1.82) is 0 Å². The number of rotatable bonds is 12. The van der Waals surface area contributed by atoms with Crippen molar-refractivity contribution in [1.82, 2.24) is 25.6 Å². The van der Waals surface area contributed by atoms with Gasteiger partial charge in [0, 0.05) is 43.8 Å². The molecule has 0 aliphatic carbocycles. The number of aromatic nitrogens is 3. The van der Waals surface area contributed by atoms with E-state index in [9.17, 15) is 22.8 Å². The molecule has 0 radical (unpaired) electrons. The van der Waals surface area contributed by atoms with Crippen molar-refractivity contribution in [2.24, 2.45) is 5.41 Å². The predicted octanol–water partition coefficient (Wildman–Crippen LogP) is 4.71. The molecule has 3 rings (SSSR count). The molecule has 0 bridgehead atoms. The van der Waals surface area contributed by atoms with Crippen LogP contribution in [0.1, 0.15) is 36.7 Å². The molecule has 14 heteroatoms. The number of nitrogens with zero attached hydrogens (tertiary/aromatic N) is 3. The molecule has 214 valence electrons. The number of benzene rings is 1. The first kappa shape index (κ1) is 30.4. The van der Waals surface area contributed by atoms with Gasteiger partial charge in [-0.15, -0.1) is 0 Å². The van der Waals surface area contributed by atoms with Gasteiger partial charge in [0.2, 0.25) is 5.91 Å². The lowest BCUT2D eigenvalue weighted by atomic mass is 9.93. The number of halogens is 4. The smallest absolute Gasteiger partial charge is 0.422 e. The van der Waals surface area contributed by atoms with E-state index in [1.807, 2.05) is 13.8 Å². The third kappa shape index (κ3) is 10.6. The van der Waals surface area contributed by atoms with Gasteiger partial charge in [0.05, 0.1) is 5.56 Å². The highest BCUT2D eigenvalue weighted by atomic mass is 35.5. The number of carbonyl (C=O) groups is 2. The standard InChI is InChI=1S/C26H29ClF3N7O3/c1-16(38)33-13-25(2,3)14-34-23(39)18-6-9-20(32-12-18)35-22-10-21(31-11-17-4-7-19(27)8-5-17)36-24(37-22)40-15-26(28,29)30/h4-10,12H,11,13-15H2,1-3H3,(H,33,38)(H,34,39)(H2,31,32,35,36,37). The summed E-state index contributed by atoms with van der Waals surface area (Å²) in [5.41, 5.74) is 0.793. The van der Waals surface area contributed by atoms with Gasteiger partial charge in [-0.3, -0.25) is 9.59 Å². The van der Waals surface area contributed by atoms with Gasteiger partial charge in [0.15, 0.2) is 6.61 Å². The Kier molecular flexibility index (Phi) is 10.1. The van der Waals surface area contributed by atoms with Gasteiger partial charge in [-0.2, -0.15) is 23.1 Å². The molecule has 0 fully saturated rings. The number of pyridine rings is 1. The molecular weight excluding hydrogens is 551 g/mol. The minimum absolute atomic E-state index is 0.121. The highest BCUT2D eigenvalue weighted by molar-refractivity contribution is 6.30. The molecule has 0 unspecified atom stereocenters. The van der Waals surface area contributed by atoms with Crippen LogP contribution in [-0.2, 0) is 11.3 Å². The number of amides is 2. The molecule has 2 amide bonds. The maximum atomic E-state index is 12.7. The number of carbonyl (C=O) groups excluding carboxylic acids is 2. The average molecular weight is 580 g/mol. The number of alkyl halides is 3. The van der Waals surface area contributed by atoms with Gasteiger partial charge in [0.1, 0.15) is 17.5 Å². The Bertz CT molecular complexity index is 1300. The fraction of sp³-hybridized carbons (Fsp3) is 0.346. The topological polar surface area (TPSA) is 130 Å². The Labute approximate surface area is 234 Å². The van der Waals surface area contributed by atoms with Crippen LogP contribution < -0.4 is 26.0 Å². The fourth-order valence-electron chi connectivity index (χ4n) is 3.17. The maximum absolute atomic E-state index is 12.7. The van der Waals surface area contributed by atoms with E-state index in [1.165, 1.54) is 31.3 Å². The minimum Gasteiger partial charge on any atom is -0.454 e. The Hall–Kier alpha value is -4.13. The molecule has 1 aromatic carbocycles. The zero-order chi connectivity index (χ0) is 29.3. The largest absolute Gasteiger partial charge is 0.454 e. The van der Waals surface area contributed by atoms with Crippen molar-refractivity contribution in [3.8, 4) is 6.01 Å². The average Bonchev–Trinajstić information content (AvgIpc) is 2.89. The summed E-state index contributed by atoms with van der Waals surface area (Å²) in [7, 11) is 0. The van der Waals surface area contributed by atoms with Gasteiger partial charge in [-0.25, -0.2) is 4.98 Å². The Morgan fingerprint density at radius 3 is 2.25 bits per heavy atom. The molecule has 0 spiro atoms. The molecule has 0 aliphatic heterocycles. The zero-order valence-corrected chi connectivity index (χ0v) is 22.8. The van der Waals surface area contributed by atoms with Gasteiger partial charge < -0.3 is 26.0 Å². The number of ether oxygens (including phenoxy) is 1. The van der Waals surface area contributed by atoms with E-state index in [0.29, 0.717) is 30.2 Å². The van der Waals surface area contributed by atoms with E-state index < -0.39 is 18.8 Å². The van der Waals surface area contributed by atoms with Gasteiger partial charge in [-0.1, -0.05) is 37.6 Å². The highest BCUT2D eigenvalue weighted by Gasteiger charge is 2.29. The van der Waals surface area contributed by atoms with Crippen LogP contribution >= 0.6 is 11.6 Å². The van der Waals surface area contributed by atoms with Crippen molar-refractivity contribution in [2.75, 3.05) is 30.3 Å². The van der Waals surface area contributed by atoms with Crippen LogP contribution in [0.5, 0.6) is 6.01 Å². The van der Waals surface area contributed by atoms with Crippen molar-refractivity contribution >= 4 is 40.9 Å². The zero-order valence-electron chi connectivity index (χ0n) is 22.0. The van der Waals surface area contributed by atoms with Crippen LogP contribution in [0.25, 0.3) is 0 Å². The van der Waals surface area contributed by atoms with Crippen LogP contribution in [0.15, 0.2) is 48.7 Å². The molecule has 0 aliphatic rings. The Balaban J connectivity index is 1.68. The molecule has 4 N–H and O–H groups in total. The van der Waals surface area contributed by atoms with Gasteiger partial charge >= 0.3 is 12.2 Å². The van der Waals surface area contributed by atoms with Crippen LogP contribution in [0.2, 0.25) is 5.02 Å². The second-order valence-corrected chi connectivity index (χ2v) is 10.1. The molecule has 10 nitrogen and oxygen atoms in total. The summed E-state index contributed by atoms with van der Waals surface area (Å²) in [5.74, 6) is 0.108. The lowest BCUT2D eigenvalue weighted by Gasteiger charge is -2.25. The SMILES string of the molecule is CC(=O)NCC(C)(C)CNC(=O)c1ccc(Nc2cc(NCc3ccc(Cl)cc3)nc(OCC(F)(F)F)n2)nc1. The summed E-state index contributed by atoms with van der Waals surface area (Å²) in [6, 6.07) is 11.1. The van der Waals surface area contributed by atoms with E-state index in [4.69, 9.17) is 16.3 Å². The van der Waals surface area contributed by atoms with Gasteiger partial charge in [0.25, 0.3) is 5.91 Å². The monoisotopic (exact) mass is 579 g/mol. The molecule has 3 aromatic rings. The summed E-state index contributed by atoms with van der Waals surface area (Å²) < 4.78 is 42.9. The third-order valence-electron chi connectivity index (χ3n) is 5.28. The van der Waals surface area contributed by atoms with E-state index in [0.717, 1.165) is 5.56 Å². The van der Waals surface area contributed by atoms with Crippen molar-refractivity contribution in [3.05, 3.63) is 64.8 Å². The molecule has 0 atom stereocenters. The first-order valence-electron chi connectivity index (χ1n) is 12.1. The van der Waals surface area contributed by atoms with E-state index in [-0.39, 0.29) is 34.7 Å². The van der Waals surface area contributed by atoms with Crippen LogP contribution in [0.3, 0.4) is 0 Å². The number of anilines is 3. The summed E-state index contributed by atoms with van der Waals surface area (Å²) in [4.78, 5) is 35.9. The molecule has 0 saturated heterocycles. The first-order valence-corrected chi connectivity index (χ1v) is 12.5. The second kappa shape index (κ2) is 13.3. The lowest BCUT2D eigenvalue weighted by Crippen LogP contribution is -2.41. The number of nitrogens with one attached hydrogen (secondary N) is 4. The van der Waals surface area contributed by atoms with Crippen molar-refractivity contribution in [3.63, 3.8) is 0 Å². The summed E-state index contributed by atoms with van der Waals surface area (Å²) in [6.07, 6.45) is -3.22. The van der Waals surface area contributed by atoms with Crippen molar-refractivity contribution < 1.29 is 27.5 Å². The van der Waals surface area contributed by atoms with Crippen molar-refractivity contribution in [2.45, 2.75) is 33.5 Å². The number of hydrogen-bond donors (Lipinski definition) is 4. The third-order valence-corrected chi connectivity index (χ3v) is 5.53. The second-order valence-electron chi connectivity index (χ2n) is 9.62. The van der Waals surface area contributed by atoms with Gasteiger partial charge in [-0.05, 0) is 35.2 Å². The highest BCUT2D eigenvalue weighted by Crippen LogP contribution is 2.22. The quantitative estimate of drug-likeness (QED) is 0.243. The Morgan fingerprint density at radius 2 is 1.62 bits per heavy atom. The maximum Gasteiger partial charge on any atom is 0.422 e. The first-order chi connectivity index (χ1) is 18.8. The summed E-state index contributed by atoms with van der Waals surface area (Å²) >= 11 is 5.90. The predicted molar refractivity (Wildman–Crippen MR) is 145 cm³/mol. The van der Waals surface area contributed by atoms with Crippen LogP contribution in [0.4, 0.5) is 30.6 Å². The molecule has 2 aromatic heterocycles. The molecule has 40 heavy (non-hydrogen) atoms. The van der Waals surface area contributed by atoms with Crippen LogP contribution in [-0.4, -0.2) is 52.6 Å². The Morgan fingerprint density at radius 1 is 0.950 bits per heavy atom. The summed E-state index contributed by atoms with van der Waals surface area (Å²) in [6.45, 7) is 4.70. The minimum atomic E-state index is -4.57. The molecular formula is C26H29ClF3N7O3. The van der Waals surface area contributed by atoms with Crippen LogP contribution in [0, 0.1) is 5.41 Å². The summed E-state index contributed by atoms with van der Waals surface area (Å²) in [5, 5.41) is 12.0. The molecule has 2 heterocycles.